The Morgan fingerprint density at radius 3 is 2.86 bits per heavy atom. The average Bonchev–Trinajstić information content (AvgIpc) is 2.19. The number of esters is 1. The summed E-state index contributed by atoms with van der Waals surface area (Å²) in [5, 5.41) is 0. The van der Waals surface area contributed by atoms with Crippen LogP contribution in [0.4, 0.5) is 0 Å². The van der Waals surface area contributed by atoms with Crippen LogP contribution in [0.1, 0.15) is 32.6 Å². The van der Waals surface area contributed by atoms with Crippen LogP contribution < -0.4 is 5.73 Å². The normalized spacial score (nSPS) is 27.3. The van der Waals surface area contributed by atoms with Crippen LogP contribution in [0.2, 0.25) is 0 Å². The highest BCUT2D eigenvalue weighted by Gasteiger charge is 2.34. The summed E-state index contributed by atoms with van der Waals surface area (Å²) in [5.41, 5.74) is 5.20. The molecule has 1 heterocycles. The van der Waals surface area contributed by atoms with E-state index in [9.17, 15) is 4.79 Å². The molecule has 1 fully saturated rings. The van der Waals surface area contributed by atoms with Gasteiger partial charge in [0.25, 0.3) is 0 Å². The second-order valence-electron chi connectivity index (χ2n) is 3.67. The first-order valence-corrected chi connectivity index (χ1v) is 5.22. The molecule has 82 valence electrons. The summed E-state index contributed by atoms with van der Waals surface area (Å²) in [5.74, 6) is -0.208. The first kappa shape index (κ1) is 11.5. The Morgan fingerprint density at radius 1 is 1.57 bits per heavy atom. The molecule has 0 bridgehead atoms. The second kappa shape index (κ2) is 5.32. The van der Waals surface area contributed by atoms with E-state index in [0.29, 0.717) is 19.8 Å². The SMILES string of the molecule is CCOC(=O)CC1(CN)CCCCO1. The Labute approximate surface area is 84.7 Å². The standard InChI is InChI=1S/C10H19NO3/c1-2-13-9(12)7-10(8-11)5-3-4-6-14-10/h2-8,11H2,1H3. The van der Waals surface area contributed by atoms with Gasteiger partial charge in [0.1, 0.15) is 0 Å². The molecule has 0 spiro atoms. The van der Waals surface area contributed by atoms with Crippen LogP contribution in [0, 0.1) is 0 Å². The highest BCUT2D eigenvalue weighted by molar-refractivity contribution is 5.70. The minimum atomic E-state index is -0.454. The molecule has 14 heavy (non-hydrogen) atoms. The molecule has 4 heteroatoms. The van der Waals surface area contributed by atoms with Crippen LogP contribution in [0.25, 0.3) is 0 Å². The lowest BCUT2D eigenvalue weighted by Gasteiger charge is -2.35. The van der Waals surface area contributed by atoms with Crippen LogP contribution in [-0.4, -0.2) is 31.3 Å². The molecule has 1 aliphatic rings. The molecule has 0 amide bonds. The van der Waals surface area contributed by atoms with Crippen LogP contribution in [-0.2, 0) is 14.3 Å². The van der Waals surface area contributed by atoms with Crippen LogP contribution in [0.15, 0.2) is 0 Å². The smallest absolute Gasteiger partial charge is 0.308 e. The fourth-order valence-electron chi connectivity index (χ4n) is 1.76. The molecular formula is C10H19NO3. The number of rotatable bonds is 4. The first-order chi connectivity index (χ1) is 6.72. The fraction of sp³-hybridized carbons (Fsp3) is 0.900. The summed E-state index contributed by atoms with van der Waals surface area (Å²) >= 11 is 0. The third-order valence-corrected chi connectivity index (χ3v) is 2.58. The topological polar surface area (TPSA) is 61.5 Å². The fourth-order valence-corrected chi connectivity index (χ4v) is 1.76. The molecule has 1 saturated heterocycles. The minimum Gasteiger partial charge on any atom is -0.466 e. The zero-order valence-corrected chi connectivity index (χ0v) is 8.75. The molecule has 0 aromatic carbocycles. The summed E-state index contributed by atoms with van der Waals surface area (Å²) in [6.07, 6.45) is 3.29. The summed E-state index contributed by atoms with van der Waals surface area (Å²) in [6.45, 7) is 3.32. The van der Waals surface area contributed by atoms with Crippen LogP contribution >= 0.6 is 0 Å². The van der Waals surface area contributed by atoms with E-state index >= 15 is 0 Å². The van der Waals surface area contributed by atoms with Gasteiger partial charge in [-0.3, -0.25) is 4.79 Å². The monoisotopic (exact) mass is 201 g/mol. The maximum Gasteiger partial charge on any atom is 0.308 e. The van der Waals surface area contributed by atoms with Gasteiger partial charge in [0.15, 0.2) is 0 Å². The lowest BCUT2D eigenvalue weighted by molar-refractivity contribution is -0.154. The Hall–Kier alpha value is -0.610. The first-order valence-electron chi connectivity index (χ1n) is 5.22. The van der Waals surface area contributed by atoms with Gasteiger partial charge in [-0.25, -0.2) is 0 Å². The Morgan fingerprint density at radius 2 is 2.36 bits per heavy atom. The van der Waals surface area contributed by atoms with Crippen LogP contribution in [0.5, 0.6) is 0 Å². The predicted octanol–water partition coefficient (Wildman–Crippen LogP) is 0.838. The molecule has 0 aliphatic carbocycles. The second-order valence-corrected chi connectivity index (χ2v) is 3.67. The highest BCUT2D eigenvalue weighted by atomic mass is 16.5. The van der Waals surface area contributed by atoms with E-state index in [2.05, 4.69) is 0 Å². The van der Waals surface area contributed by atoms with Crippen molar-refractivity contribution in [3.05, 3.63) is 0 Å². The molecule has 1 atom stereocenters. The number of carbonyl (C=O) groups excluding carboxylic acids is 1. The number of ether oxygens (including phenoxy) is 2. The molecule has 1 aliphatic heterocycles. The third-order valence-electron chi connectivity index (χ3n) is 2.58. The number of nitrogens with two attached hydrogens (primary N) is 1. The predicted molar refractivity (Wildman–Crippen MR) is 52.8 cm³/mol. The van der Waals surface area contributed by atoms with Gasteiger partial charge in [-0.15, -0.1) is 0 Å². The van der Waals surface area contributed by atoms with Gasteiger partial charge in [-0.1, -0.05) is 0 Å². The van der Waals surface area contributed by atoms with Crippen molar-refractivity contribution < 1.29 is 14.3 Å². The minimum absolute atomic E-state index is 0.208. The van der Waals surface area contributed by atoms with E-state index in [-0.39, 0.29) is 12.4 Å². The lowest BCUT2D eigenvalue weighted by Crippen LogP contribution is -2.45. The zero-order valence-electron chi connectivity index (χ0n) is 8.75. The van der Waals surface area contributed by atoms with E-state index in [1.165, 1.54) is 0 Å². The largest absolute Gasteiger partial charge is 0.466 e. The van der Waals surface area contributed by atoms with Gasteiger partial charge in [-0.05, 0) is 26.2 Å². The number of hydrogen-bond donors (Lipinski definition) is 1. The van der Waals surface area contributed by atoms with E-state index < -0.39 is 5.60 Å². The van der Waals surface area contributed by atoms with Crippen LogP contribution in [0.3, 0.4) is 0 Å². The van der Waals surface area contributed by atoms with E-state index in [1.807, 2.05) is 0 Å². The lowest BCUT2D eigenvalue weighted by atomic mass is 9.90. The third kappa shape index (κ3) is 2.96. The van der Waals surface area contributed by atoms with Crippen molar-refractivity contribution in [1.29, 1.82) is 0 Å². The van der Waals surface area contributed by atoms with Crippen molar-refractivity contribution in [1.82, 2.24) is 0 Å². The van der Waals surface area contributed by atoms with Gasteiger partial charge in [0.2, 0.25) is 0 Å². The molecule has 2 N–H and O–H groups in total. The molecule has 0 aromatic heterocycles. The quantitative estimate of drug-likeness (QED) is 0.685. The van der Waals surface area contributed by atoms with Gasteiger partial charge >= 0.3 is 5.97 Å². The molecular weight excluding hydrogens is 182 g/mol. The summed E-state index contributed by atoms with van der Waals surface area (Å²) < 4.78 is 10.5. The van der Waals surface area contributed by atoms with Crippen molar-refractivity contribution in [3.8, 4) is 0 Å². The maximum atomic E-state index is 11.3. The molecule has 4 nitrogen and oxygen atoms in total. The Balaban J connectivity index is 2.47. The van der Waals surface area contributed by atoms with Crippen molar-refractivity contribution in [2.75, 3.05) is 19.8 Å². The molecule has 1 unspecified atom stereocenters. The maximum absolute atomic E-state index is 11.3. The van der Waals surface area contributed by atoms with E-state index in [0.717, 1.165) is 19.3 Å². The molecule has 1 rings (SSSR count). The Kier molecular flexibility index (Phi) is 4.35. The van der Waals surface area contributed by atoms with Gasteiger partial charge in [0, 0.05) is 13.2 Å². The van der Waals surface area contributed by atoms with Gasteiger partial charge in [-0.2, -0.15) is 0 Å². The van der Waals surface area contributed by atoms with Crippen molar-refractivity contribution in [2.24, 2.45) is 5.73 Å². The van der Waals surface area contributed by atoms with E-state index in [1.54, 1.807) is 6.92 Å². The van der Waals surface area contributed by atoms with Crippen molar-refractivity contribution >= 4 is 5.97 Å². The van der Waals surface area contributed by atoms with E-state index in [4.69, 9.17) is 15.2 Å². The summed E-state index contributed by atoms with van der Waals surface area (Å²) in [7, 11) is 0. The molecule has 0 aromatic rings. The number of carbonyl (C=O) groups is 1. The molecule has 0 saturated carbocycles. The summed E-state index contributed by atoms with van der Waals surface area (Å²) in [4.78, 5) is 11.3. The number of hydrogen-bond acceptors (Lipinski definition) is 4. The van der Waals surface area contributed by atoms with Gasteiger partial charge in [0.05, 0.1) is 18.6 Å². The molecule has 0 radical (unpaired) electrons. The zero-order chi connectivity index (χ0) is 10.4. The summed E-state index contributed by atoms with van der Waals surface area (Å²) in [6, 6.07) is 0. The average molecular weight is 201 g/mol. The highest BCUT2D eigenvalue weighted by Crippen LogP contribution is 2.27. The van der Waals surface area contributed by atoms with Crippen molar-refractivity contribution in [2.45, 2.75) is 38.2 Å². The van der Waals surface area contributed by atoms with Gasteiger partial charge < -0.3 is 15.2 Å². The van der Waals surface area contributed by atoms with Crippen molar-refractivity contribution in [3.63, 3.8) is 0 Å². The Bertz CT molecular complexity index is 188.